The maximum atomic E-state index is 11.8. The normalized spacial score (nSPS) is 11.2. The van der Waals surface area contributed by atoms with Crippen molar-refractivity contribution in [1.82, 2.24) is 0 Å². The molecule has 0 aliphatic carbocycles. The third-order valence-corrected chi connectivity index (χ3v) is 3.17. The summed E-state index contributed by atoms with van der Waals surface area (Å²) < 4.78 is 0. The highest BCUT2D eigenvalue weighted by atomic mass is 16.7. The molecule has 21 heavy (non-hydrogen) atoms. The zero-order valence-electron chi connectivity index (χ0n) is 12.0. The molecule has 0 spiro atoms. The van der Waals surface area contributed by atoms with Gasteiger partial charge in [0.15, 0.2) is 5.84 Å². The van der Waals surface area contributed by atoms with Crippen LogP contribution in [-0.2, 0) is 4.84 Å². The maximum Gasteiger partial charge on any atom is 0.365 e. The molecule has 2 aromatic carbocycles. The summed E-state index contributed by atoms with van der Waals surface area (Å²) in [6.45, 7) is 3.77. The Morgan fingerprint density at radius 1 is 1.10 bits per heavy atom. The van der Waals surface area contributed by atoms with Crippen molar-refractivity contribution in [2.75, 3.05) is 5.73 Å². The van der Waals surface area contributed by atoms with Gasteiger partial charge in [0.05, 0.1) is 5.56 Å². The molecule has 0 bridgehead atoms. The van der Waals surface area contributed by atoms with Gasteiger partial charge in [0.25, 0.3) is 0 Å². The first-order valence-corrected chi connectivity index (χ1v) is 6.46. The minimum atomic E-state index is -0.556. The van der Waals surface area contributed by atoms with E-state index < -0.39 is 5.97 Å². The van der Waals surface area contributed by atoms with Crippen LogP contribution in [0.5, 0.6) is 0 Å². The van der Waals surface area contributed by atoms with Gasteiger partial charge in [0.2, 0.25) is 0 Å². The van der Waals surface area contributed by atoms with E-state index in [2.05, 4.69) is 5.16 Å². The molecule has 0 amide bonds. The van der Waals surface area contributed by atoms with E-state index in [-0.39, 0.29) is 5.84 Å². The molecule has 0 aliphatic rings. The zero-order chi connectivity index (χ0) is 15.4. The molecule has 0 unspecified atom stereocenters. The van der Waals surface area contributed by atoms with Gasteiger partial charge in [-0.1, -0.05) is 35.0 Å². The molecule has 2 rings (SSSR count). The van der Waals surface area contributed by atoms with Crippen LogP contribution in [0.3, 0.4) is 0 Å². The molecule has 108 valence electrons. The van der Waals surface area contributed by atoms with Crippen LogP contribution < -0.4 is 11.5 Å². The molecule has 2 aromatic rings. The largest absolute Gasteiger partial charge is 0.398 e. The number of benzene rings is 2. The van der Waals surface area contributed by atoms with Crippen LogP contribution in [0.2, 0.25) is 0 Å². The maximum absolute atomic E-state index is 11.8. The van der Waals surface area contributed by atoms with E-state index in [9.17, 15) is 4.79 Å². The summed E-state index contributed by atoms with van der Waals surface area (Å²) in [4.78, 5) is 16.7. The average molecular weight is 283 g/mol. The summed E-state index contributed by atoms with van der Waals surface area (Å²) in [5, 5.41) is 3.68. The van der Waals surface area contributed by atoms with Gasteiger partial charge in [0, 0.05) is 11.3 Å². The molecule has 4 N–H and O–H groups in total. The Morgan fingerprint density at radius 3 is 2.43 bits per heavy atom. The molecule has 0 aromatic heterocycles. The minimum absolute atomic E-state index is 0.111. The van der Waals surface area contributed by atoms with E-state index in [1.165, 1.54) is 0 Å². The Kier molecular flexibility index (Phi) is 4.23. The Labute approximate surface area is 123 Å². The Bertz CT molecular complexity index is 691. The first-order chi connectivity index (χ1) is 9.99. The van der Waals surface area contributed by atoms with E-state index in [0.717, 1.165) is 11.1 Å². The van der Waals surface area contributed by atoms with E-state index in [1.807, 2.05) is 26.0 Å². The van der Waals surface area contributed by atoms with Crippen molar-refractivity contribution in [3.63, 3.8) is 0 Å². The topological polar surface area (TPSA) is 90.7 Å². The van der Waals surface area contributed by atoms with Crippen LogP contribution in [0.1, 0.15) is 27.0 Å². The summed E-state index contributed by atoms with van der Waals surface area (Å²) in [5.41, 5.74) is 15.2. The number of nitrogens with two attached hydrogens (primary N) is 2. The number of anilines is 1. The molecule has 0 saturated heterocycles. The molecule has 0 radical (unpaired) electrons. The predicted molar refractivity (Wildman–Crippen MR) is 82.9 cm³/mol. The zero-order valence-corrected chi connectivity index (χ0v) is 12.0. The lowest BCUT2D eigenvalue weighted by molar-refractivity contribution is 0.0516. The highest BCUT2D eigenvalue weighted by molar-refractivity contribution is 6.00. The van der Waals surface area contributed by atoms with Gasteiger partial charge >= 0.3 is 5.97 Å². The summed E-state index contributed by atoms with van der Waals surface area (Å²) >= 11 is 0. The molecule has 0 aliphatic heterocycles. The van der Waals surface area contributed by atoms with Crippen LogP contribution in [0.4, 0.5) is 5.69 Å². The van der Waals surface area contributed by atoms with Crippen LogP contribution in [0.25, 0.3) is 0 Å². The number of hydrogen-bond acceptors (Lipinski definition) is 4. The summed E-state index contributed by atoms with van der Waals surface area (Å²) in [6.07, 6.45) is 0. The molecular weight excluding hydrogens is 266 g/mol. The van der Waals surface area contributed by atoms with Crippen LogP contribution >= 0.6 is 0 Å². The third kappa shape index (κ3) is 3.39. The highest BCUT2D eigenvalue weighted by Crippen LogP contribution is 2.15. The second kappa shape index (κ2) is 6.09. The van der Waals surface area contributed by atoms with Crippen LogP contribution in [-0.4, -0.2) is 11.8 Å². The fourth-order valence-electron chi connectivity index (χ4n) is 1.81. The summed E-state index contributed by atoms with van der Waals surface area (Å²) in [6, 6.07) is 12.3. The van der Waals surface area contributed by atoms with Crippen molar-refractivity contribution in [2.24, 2.45) is 10.9 Å². The van der Waals surface area contributed by atoms with Gasteiger partial charge in [-0.3, -0.25) is 0 Å². The molecule has 0 fully saturated rings. The minimum Gasteiger partial charge on any atom is -0.398 e. The number of nitrogen functional groups attached to an aromatic ring is 1. The monoisotopic (exact) mass is 283 g/mol. The number of aryl methyl sites for hydroxylation is 1. The molecule has 0 atom stereocenters. The number of amidine groups is 1. The van der Waals surface area contributed by atoms with Gasteiger partial charge in [-0.15, -0.1) is 0 Å². The Morgan fingerprint density at radius 2 is 1.76 bits per heavy atom. The molecular formula is C16H17N3O2. The third-order valence-electron chi connectivity index (χ3n) is 3.17. The van der Waals surface area contributed by atoms with Crippen molar-refractivity contribution in [2.45, 2.75) is 13.8 Å². The fourth-order valence-corrected chi connectivity index (χ4v) is 1.81. The molecule has 5 nitrogen and oxygen atoms in total. The van der Waals surface area contributed by atoms with Crippen molar-refractivity contribution < 1.29 is 9.63 Å². The van der Waals surface area contributed by atoms with Gasteiger partial charge < -0.3 is 16.3 Å². The standard InChI is InChI=1S/C16H17N3O2/c1-10-6-8-12(9-7-10)16(20)21-19-15(18)13-4-3-5-14(17)11(13)2/h3-9H,17H2,1-2H3,(H2,18,19). The first kappa shape index (κ1) is 14.6. The lowest BCUT2D eigenvalue weighted by atomic mass is 10.1. The second-order valence-electron chi connectivity index (χ2n) is 4.74. The number of carbonyl (C=O) groups is 1. The lowest BCUT2D eigenvalue weighted by Crippen LogP contribution is -2.17. The molecule has 0 saturated carbocycles. The number of nitrogens with zero attached hydrogens (tertiary/aromatic N) is 1. The van der Waals surface area contributed by atoms with Crippen LogP contribution in [0.15, 0.2) is 47.6 Å². The van der Waals surface area contributed by atoms with Gasteiger partial charge in [-0.25, -0.2) is 4.79 Å². The van der Waals surface area contributed by atoms with Gasteiger partial charge in [0.1, 0.15) is 0 Å². The Hall–Kier alpha value is -2.82. The first-order valence-electron chi connectivity index (χ1n) is 6.46. The molecule has 5 heteroatoms. The lowest BCUT2D eigenvalue weighted by Gasteiger charge is -2.07. The number of carbonyl (C=O) groups excluding carboxylic acids is 1. The van der Waals surface area contributed by atoms with E-state index in [0.29, 0.717) is 16.8 Å². The molecule has 0 heterocycles. The van der Waals surface area contributed by atoms with Crippen molar-refractivity contribution in [3.8, 4) is 0 Å². The van der Waals surface area contributed by atoms with Crippen LogP contribution in [0, 0.1) is 13.8 Å². The highest BCUT2D eigenvalue weighted by Gasteiger charge is 2.09. The Balaban J connectivity index is 2.15. The van der Waals surface area contributed by atoms with Gasteiger partial charge in [-0.05, 0) is 37.6 Å². The predicted octanol–water partition coefficient (Wildman–Crippen LogP) is 2.36. The summed E-state index contributed by atoms with van der Waals surface area (Å²) in [5.74, 6) is -0.445. The number of rotatable bonds is 3. The van der Waals surface area contributed by atoms with E-state index in [1.54, 1.807) is 30.3 Å². The van der Waals surface area contributed by atoms with Crippen molar-refractivity contribution in [1.29, 1.82) is 0 Å². The number of oxime groups is 1. The van der Waals surface area contributed by atoms with E-state index in [4.69, 9.17) is 16.3 Å². The smallest absolute Gasteiger partial charge is 0.365 e. The quantitative estimate of drug-likeness (QED) is 0.297. The van der Waals surface area contributed by atoms with Crippen molar-refractivity contribution in [3.05, 3.63) is 64.7 Å². The average Bonchev–Trinajstić information content (AvgIpc) is 2.48. The second-order valence-corrected chi connectivity index (χ2v) is 4.74. The fraction of sp³-hybridized carbons (Fsp3) is 0.125. The van der Waals surface area contributed by atoms with E-state index >= 15 is 0 Å². The van der Waals surface area contributed by atoms with Crippen molar-refractivity contribution >= 4 is 17.5 Å². The van der Waals surface area contributed by atoms with Gasteiger partial charge in [-0.2, -0.15) is 0 Å². The summed E-state index contributed by atoms with van der Waals surface area (Å²) in [7, 11) is 0. The SMILES string of the molecule is Cc1ccc(C(=O)O/N=C(\N)c2cccc(N)c2C)cc1. The number of hydrogen-bond donors (Lipinski definition) is 2.